The van der Waals surface area contributed by atoms with Crippen molar-refractivity contribution in [1.29, 1.82) is 0 Å². The van der Waals surface area contributed by atoms with Gasteiger partial charge >= 0.3 is 0 Å². The van der Waals surface area contributed by atoms with Gasteiger partial charge in [0, 0.05) is 37.6 Å². The van der Waals surface area contributed by atoms with E-state index < -0.39 is 5.91 Å². The minimum atomic E-state index is -0.619. The fourth-order valence-electron chi connectivity index (χ4n) is 4.38. The number of carbonyl (C=O) groups is 1. The number of nitrogen functional groups attached to an aromatic ring is 1. The molecular weight excluding hydrogens is 518 g/mol. The normalized spacial score (nSPS) is 10.6. The highest BCUT2D eigenvalue weighted by Gasteiger charge is 2.16. The second-order valence-electron chi connectivity index (χ2n) is 9.12. The van der Waals surface area contributed by atoms with Crippen LogP contribution in [0.5, 0.6) is 0 Å². The van der Waals surface area contributed by atoms with Gasteiger partial charge in [0.25, 0.3) is 11.5 Å². The predicted octanol–water partition coefficient (Wildman–Crippen LogP) is 2.88. The van der Waals surface area contributed by atoms with E-state index in [1.807, 2.05) is 61.8 Å². The van der Waals surface area contributed by atoms with Crippen molar-refractivity contribution in [2.24, 2.45) is 12.8 Å². The summed E-state index contributed by atoms with van der Waals surface area (Å²) in [5.41, 5.74) is 14.0. The van der Waals surface area contributed by atoms with Crippen molar-refractivity contribution in [2.45, 2.75) is 19.8 Å². The highest BCUT2D eigenvalue weighted by atomic mass is 16.1. The van der Waals surface area contributed by atoms with Crippen molar-refractivity contribution in [3.8, 4) is 17.5 Å². The van der Waals surface area contributed by atoms with Gasteiger partial charge in [0.15, 0.2) is 11.5 Å². The molecule has 4 heterocycles. The Morgan fingerprint density at radius 3 is 2.56 bits per heavy atom. The maximum atomic E-state index is 13.5. The van der Waals surface area contributed by atoms with Crippen LogP contribution >= 0.6 is 0 Å². The van der Waals surface area contributed by atoms with Gasteiger partial charge in [-0.25, -0.2) is 14.5 Å². The average Bonchev–Trinajstić information content (AvgIpc) is 3.54. The van der Waals surface area contributed by atoms with Crippen LogP contribution in [-0.2, 0) is 13.5 Å². The first kappa shape index (κ1) is 26.8. The summed E-state index contributed by atoms with van der Waals surface area (Å²) < 4.78 is 4.82. The van der Waals surface area contributed by atoms with Crippen LogP contribution in [0.25, 0.3) is 22.2 Å². The molecule has 4 aromatic heterocycles. The molecule has 41 heavy (non-hydrogen) atoms. The summed E-state index contributed by atoms with van der Waals surface area (Å²) >= 11 is 0. The van der Waals surface area contributed by atoms with Gasteiger partial charge in [0.2, 0.25) is 0 Å². The predicted molar refractivity (Wildman–Crippen MR) is 156 cm³/mol. The molecule has 0 fully saturated rings. The SMILES string of the molecule is CCCc1nc2cccc(C#Cc3cnn(C)c3)c2c(=O)n1-c1ccccc1.NC(=O)c1c(N)nn2cccnc12. The Kier molecular flexibility index (Phi) is 7.56. The second kappa shape index (κ2) is 11.5. The molecule has 0 spiro atoms. The lowest BCUT2D eigenvalue weighted by Gasteiger charge is -2.13. The summed E-state index contributed by atoms with van der Waals surface area (Å²) in [6.07, 6.45) is 8.38. The van der Waals surface area contributed by atoms with Gasteiger partial charge in [-0.05, 0) is 36.8 Å². The van der Waals surface area contributed by atoms with Gasteiger partial charge < -0.3 is 11.5 Å². The number of nitrogens with two attached hydrogens (primary N) is 2. The first-order valence-corrected chi connectivity index (χ1v) is 12.9. The third kappa shape index (κ3) is 5.53. The molecule has 2 aromatic carbocycles. The van der Waals surface area contributed by atoms with Crippen molar-refractivity contribution >= 4 is 28.3 Å². The number of benzene rings is 2. The molecular formula is C30H27N9O2. The van der Waals surface area contributed by atoms with Crippen LogP contribution < -0.4 is 17.0 Å². The number of nitrogens with zero attached hydrogens (tertiary/aromatic N) is 7. The molecule has 11 nitrogen and oxygen atoms in total. The fourth-order valence-corrected chi connectivity index (χ4v) is 4.38. The topological polar surface area (TPSA) is 152 Å². The molecule has 0 atom stereocenters. The zero-order valence-electron chi connectivity index (χ0n) is 22.5. The van der Waals surface area contributed by atoms with Crippen LogP contribution in [0.4, 0.5) is 5.82 Å². The Labute approximate surface area is 235 Å². The van der Waals surface area contributed by atoms with Crippen LogP contribution in [0, 0.1) is 11.8 Å². The minimum absolute atomic E-state index is 0.0873. The number of aromatic nitrogens is 7. The summed E-state index contributed by atoms with van der Waals surface area (Å²) in [7, 11) is 1.85. The quantitative estimate of drug-likeness (QED) is 0.323. The van der Waals surface area contributed by atoms with E-state index in [9.17, 15) is 9.59 Å². The third-order valence-corrected chi connectivity index (χ3v) is 6.17. The maximum absolute atomic E-state index is 13.5. The first-order valence-electron chi connectivity index (χ1n) is 12.9. The van der Waals surface area contributed by atoms with Gasteiger partial charge in [-0.3, -0.25) is 18.8 Å². The van der Waals surface area contributed by atoms with Crippen LogP contribution in [0.2, 0.25) is 0 Å². The summed E-state index contributed by atoms with van der Waals surface area (Å²) in [5.74, 6) is 6.47. The molecule has 6 aromatic rings. The number of rotatable bonds is 4. The standard InChI is InChI=1S/C23H20N4O.C7H7N5O/c1-3-8-21-25-20-12-7-9-18(14-13-17-15-24-26(2)16-17)22(20)23(28)27(21)19-10-5-4-6-11-19;8-5-4(6(9)13)7-10-2-1-3-12(7)11-5/h4-7,9-12,15-16H,3,8H2,1-2H3;1-3H,(H2,8,11)(H2,9,13). The van der Waals surface area contributed by atoms with Gasteiger partial charge in [-0.1, -0.05) is 43.0 Å². The molecule has 0 aliphatic carbocycles. The number of carbonyl (C=O) groups excluding carboxylic acids is 1. The highest BCUT2D eigenvalue weighted by Crippen LogP contribution is 2.17. The molecule has 0 saturated heterocycles. The Balaban J connectivity index is 0.000000216. The van der Waals surface area contributed by atoms with Crippen molar-refractivity contribution in [1.82, 2.24) is 33.9 Å². The average molecular weight is 546 g/mol. The number of primary amides is 1. The van der Waals surface area contributed by atoms with E-state index in [1.165, 1.54) is 4.52 Å². The molecule has 11 heteroatoms. The van der Waals surface area contributed by atoms with Crippen LogP contribution in [0.15, 0.2) is 84.2 Å². The lowest BCUT2D eigenvalue weighted by atomic mass is 10.1. The molecule has 204 valence electrons. The molecule has 0 radical (unpaired) electrons. The van der Waals surface area contributed by atoms with E-state index in [1.54, 1.807) is 33.9 Å². The van der Waals surface area contributed by atoms with Gasteiger partial charge in [-0.2, -0.15) is 5.10 Å². The largest absolute Gasteiger partial charge is 0.381 e. The van der Waals surface area contributed by atoms with Crippen molar-refractivity contribution in [3.05, 3.63) is 112 Å². The van der Waals surface area contributed by atoms with E-state index in [0.717, 1.165) is 29.9 Å². The van der Waals surface area contributed by atoms with Crippen molar-refractivity contribution in [2.75, 3.05) is 5.73 Å². The van der Waals surface area contributed by atoms with Crippen LogP contribution in [-0.4, -0.2) is 39.8 Å². The number of aryl methyl sites for hydroxylation is 2. The number of amides is 1. The second-order valence-corrected chi connectivity index (χ2v) is 9.12. The third-order valence-electron chi connectivity index (χ3n) is 6.17. The Morgan fingerprint density at radius 2 is 1.85 bits per heavy atom. The van der Waals surface area contributed by atoms with Gasteiger partial charge in [0.1, 0.15) is 11.4 Å². The molecule has 0 unspecified atom stereocenters. The van der Waals surface area contributed by atoms with Gasteiger partial charge in [0.05, 0.1) is 28.4 Å². The molecule has 0 aliphatic heterocycles. The van der Waals surface area contributed by atoms with Crippen LogP contribution in [0.1, 0.15) is 40.7 Å². The summed E-state index contributed by atoms with van der Waals surface area (Å²) in [6.45, 7) is 2.08. The minimum Gasteiger partial charge on any atom is -0.381 e. The number of para-hydroxylation sites is 1. The van der Waals surface area contributed by atoms with Gasteiger partial charge in [-0.15, -0.1) is 5.10 Å². The maximum Gasteiger partial charge on any atom is 0.267 e. The van der Waals surface area contributed by atoms with Crippen LogP contribution in [0.3, 0.4) is 0 Å². The number of hydrogen-bond acceptors (Lipinski definition) is 7. The Morgan fingerprint density at radius 1 is 1.05 bits per heavy atom. The van der Waals surface area contributed by atoms with E-state index in [0.29, 0.717) is 22.1 Å². The van der Waals surface area contributed by atoms with Crippen molar-refractivity contribution < 1.29 is 4.79 Å². The summed E-state index contributed by atoms with van der Waals surface area (Å²) in [6, 6.07) is 17.0. The lowest BCUT2D eigenvalue weighted by Crippen LogP contribution is -2.24. The zero-order chi connectivity index (χ0) is 28.9. The zero-order valence-corrected chi connectivity index (χ0v) is 22.5. The number of hydrogen-bond donors (Lipinski definition) is 2. The highest BCUT2D eigenvalue weighted by molar-refractivity contribution is 6.03. The fraction of sp³-hybridized carbons (Fsp3) is 0.133. The Hall–Kier alpha value is -5.76. The van der Waals surface area contributed by atoms with E-state index in [4.69, 9.17) is 16.5 Å². The number of fused-ring (bicyclic) bond motifs is 2. The Bertz CT molecular complexity index is 1990. The molecule has 1 amide bonds. The molecule has 4 N–H and O–H groups in total. The van der Waals surface area contributed by atoms with E-state index in [-0.39, 0.29) is 16.9 Å². The monoisotopic (exact) mass is 545 g/mol. The summed E-state index contributed by atoms with van der Waals surface area (Å²) in [4.78, 5) is 33.2. The molecule has 0 bridgehead atoms. The molecule has 0 saturated carbocycles. The molecule has 6 rings (SSSR count). The van der Waals surface area contributed by atoms with E-state index >= 15 is 0 Å². The summed E-state index contributed by atoms with van der Waals surface area (Å²) in [5, 5.41) is 8.54. The first-order chi connectivity index (χ1) is 19.9. The smallest absolute Gasteiger partial charge is 0.267 e. The van der Waals surface area contributed by atoms with E-state index in [2.05, 4.69) is 33.9 Å². The lowest BCUT2D eigenvalue weighted by molar-refractivity contribution is 0.100. The number of anilines is 1. The van der Waals surface area contributed by atoms with Crippen molar-refractivity contribution in [3.63, 3.8) is 0 Å². The molecule has 0 aliphatic rings.